The van der Waals surface area contributed by atoms with Gasteiger partial charge in [-0.3, -0.25) is 10.1 Å². The molecule has 3 aromatic rings. The van der Waals surface area contributed by atoms with Crippen LogP contribution in [-0.4, -0.2) is 15.2 Å². The van der Waals surface area contributed by atoms with Crippen LogP contribution in [0.15, 0.2) is 53.7 Å². The summed E-state index contributed by atoms with van der Waals surface area (Å²) in [5, 5.41) is 7.04. The zero-order valence-corrected chi connectivity index (χ0v) is 8.42. The van der Waals surface area contributed by atoms with Crippen LogP contribution in [0.1, 0.15) is 0 Å². The van der Waals surface area contributed by atoms with Gasteiger partial charge >= 0.3 is 0 Å². The normalized spacial score (nSPS) is 10.5. The Hall–Kier alpha value is -2.36. The number of H-pyrrole nitrogens is 1. The van der Waals surface area contributed by atoms with E-state index in [4.69, 9.17) is 4.42 Å². The maximum atomic E-state index is 5.07. The molecule has 0 saturated heterocycles. The van der Waals surface area contributed by atoms with Gasteiger partial charge in [0.05, 0.1) is 24.4 Å². The van der Waals surface area contributed by atoms with E-state index in [2.05, 4.69) is 15.2 Å². The Morgan fingerprint density at radius 1 is 1.12 bits per heavy atom. The van der Waals surface area contributed by atoms with E-state index in [0.717, 1.165) is 22.4 Å². The molecule has 1 N–H and O–H groups in total. The third-order valence-corrected chi connectivity index (χ3v) is 2.42. The summed E-state index contributed by atoms with van der Waals surface area (Å²) in [5.74, 6) is 0. The highest BCUT2D eigenvalue weighted by atomic mass is 16.3. The Morgan fingerprint density at radius 3 is 2.88 bits per heavy atom. The minimum absolute atomic E-state index is 0.953. The predicted octanol–water partition coefficient (Wildman–Crippen LogP) is 2.73. The molecule has 16 heavy (non-hydrogen) atoms. The number of nitrogens with one attached hydrogen (secondary N) is 1. The second-order valence-corrected chi connectivity index (χ2v) is 3.41. The molecule has 3 aromatic heterocycles. The van der Waals surface area contributed by atoms with Crippen LogP contribution in [0.3, 0.4) is 0 Å². The molecule has 4 nitrogen and oxygen atoms in total. The number of aromatic nitrogens is 3. The molecule has 3 rings (SSSR count). The molecule has 0 aromatic carbocycles. The minimum Gasteiger partial charge on any atom is -0.472 e. The standard InChI is InChI=1S/C12H9N3O/c1-2-9(6-13-4-1)12-11(7-14-15-12)10-3-5-16-8-10/h1-8H,(H,14,15). The molecule has 0 aliphatic heterocycles. The fourth-order valence-electron chi connectivity index (χ4n) is 1.65. The van der Waals surface area contributed by atoms with Crippen molar-refractivity contribution >= 4 is 0 Å². The van der Waals surface area contributed by atoms with Gasteiger partial charge in [0.2, 0.25) is 0 Å². The van der Waals surface area contributed by atoms with Gasteiger partial charge in [0, 0.05) is 29.1 Å². The number of furan rings is 1. The molecule has 0 amide bonds. The van der Waals surface area contributed by atoms with Crippen molar-refractivity contribution in [2.24, 2.45) is 0 Å². The third-order valence-electron chi connectivity index (χ3n) is 2.42. The third kappa shape index (κ3) is 1.40. The van der Waals surface area contributed by atoms with Crippen LogP contribution < -0.4 is 0 Å². The quantitative estimate of drug-likeness (QED) is 0.709. The summed E-state index contributed by atoms with van der Waals surface area (Å²) in [6, 6.07) is 5.80. The van der Waals surface area contributed by atoms with Crippen LogP contribution >= 0.6 is 0 Å². The van der Waals surface area contributed by atoms with E-state index < -0.39 is 0 Å². The fourth-order valence-corrected chi connectivity index (χ4v) is 1.65. The van der Waals surface area contributed by atoms with Crippen LogP contribution in [0.2, 0.25) is 0 Å². The van der Waals surface area contributed by atoms with Crippen LogP contribution in [-0.2, 0) is 0 Å². The monoisotopic (exact) mass is 211 g/mol. The van der Waals surface area contributed by atoms with Gasteiger partial charge in [-0.05, 0) is 18.2 Å². The van der Waals surface area contributed by atoms with E-state index in [-0.39, 0.29) is 0 Å². The Kier molecular flexibility index (Phi) is 2.04. The highest BCUT2D eigenvalue weighted by Crippen LogP contribution is 2.29. The Morgan fingerprint density at radius 2 is 2.12 bits per heavy atom. The molecular weight excluding hydrogens is 202 g/mol. The summed E-state index contributed by atoms with van der Waals surface area (Å²) in [5.41, 5.74) is 3.99. The second-order valence-electron chi connectivity index (χ2n) is 3.41. The van der Waals surface area contributed by atoms with E-state index in [1.54, 1.807) is 31.1 Å². The van der Waals surface area contributed by atoms with Crippen molar-refractivity contribution < 1.29 is 4.42 Å². The predicted molar refractivity (Wildman–Crippen MR) is 59.5 cm³/mol. The molecule has 0 spiro atoms. The first-order valence-corrected chi connectivity index (χ1v) is 4.91. The first kappa shape index (κ1) is 8.91. The molecular formula is C12H9N3O. The van der Waals surface area contributed by atoms with Gasteiger partial charge in [-0.15, -0.1) is 0 Å². The lowest BCUT2D eigenvalue weighted by Gasteiger charge is -1.99. The van der Waals surface area contributed by atoms with Gasteiger partial charge in [0.15, 0.2) is 0 Å². The van der Waals surface area contributed by atoms with Crippen molar-refractivity contribution in [3.63, 3.8) is 0 Å². The first-order valence-electron chi connectivity index (χ1n) is 4.91. The number of nitrogens with zero attached hydrogens (tertiary/aromatic N) is 2. The topological polar surface area (TPSA) is 54.7 Å². The Labute approximate surface area is 92.0 Å². The lowest BCUT2D eigenvalue weighted by Crippen LogP contribution is -1.82. The molecule has 0 radical (unpaired) electrons. The number of pyridine rings is 1. The summed E-state index contributed by atoms with van der Waals surface area (Å²) >= 11 is 0. The molecule has 78 valence electrons. The summed E-state index contributed by atoms with van der Waals surface area (Å²) in [7, 11) is 0. The van der Waals surface area contributed by atoms with Crippen LogP contribution in [0.5, 0.6) is 0 Å². The molecule has 4 heteroatoms. The Bertz CT molecular complexity index is 569. The minimum atomic E-state index is 0.953. The smallest absolute Gasteiger partial charge is 0.0982 e. The van der Waals surface area contributed by atoms with Crippen molar-refractivity contribution in [2.75, 3.05) is 0 Å². The fraction of sp³-hybridized carbons (Fsp3) is 0. The van der Waals surface area contributed by atoms with Crippen LogP contribution in [0.25, 0.3) is 22.4 Å². The average Bonchev–Trinajstić information content (AvgIpc) is 3.01. The van der Waals surface area contributed by atoms with E-state index in [1.807, 2.05) is 18.2 Å². The van der Waals surface area contributed by atoms with E-state index in [0.29, 0.717) is 0 Å². The number of aromatic amines is 1. The van der Waals surface area contributed by atoms with Crippen LogP contribution in [0, 0.1) is 0 Å². The summed E-state index contributed by atoms with van der Waals surface area (Å²) in [6.45, 7) is 0. The van der Waals surface area contributed by atoms with E-state index in [1.165, 1.54) is 0 Å². The highest BCUT2D eigenvalue weighted by molar-refractivity contribution is 5.79. The van der Waals surface area contributed by atoms with Gasteiger partial charge in [-0.25, -0.2) is 0 Å². The largest absolute Gasteiger partial charge is 0.472 e. The van der Waals surface area contributed by atoms with Gasteiger partial charge in [0.1, 0.15) is 0 Å². The molecule has 0 atom stereocenters. The van der Waals surface area contributed by atoms with E-state index in [9.17, 15) is 0 Å². The van der Waals surface area contributed by atoms with Crippen LogP contribution in [0.4, 0.5) is 0 Å². The molecule has 0 aliphatic carbocycles. The van der Waals surface area contributed by atoms with Crippen molar-refractivity contribution in [1.29, 1.82) is 0 Å². The van der Waals surface area contributed by atoms with Gasteiger partial charge < -0.3 is 4.42 Å². The van der Waals surface area contributed by atoms with Gasteiger partial charge in [0.25, 0.3) is 0 Å². The molecule has 0 unspecified atom stereocenters. The number of rotatable bonds is 2. The molecule has 0 fully saturated rings. The lowest BCUT2D eigenvalue weighted by molar-refractivity contribution is 0.568. The summed E-state index contributed by atoms with van der Waals surface area (Å²) < 4.78 is 5.07. The maximum Gasteiger partial charge on any atom is 0.0982 e. The van der Waals surface area contributed by atoms with Gasteiger partial charge in [-0.1, -0.05) is 0 Å². The molecule has 0 aliphatic rings. The number of hydrogen-bond acceptors (Lipinski definition) is 3. The zero-order chi connectivity index (χ0) is 10.8. The van der Waals surface area contributed by atoms with Crippen molar-refractivity contribution in [2.45, 2.75) is 0 Å². The SMILES string of the molecule is c1cncc(-c2[nH]ncc2-c2ccoc2)c1. The van der Waals surface area contributed by atoms with E-state index >= 15 is 0 Å². The summed E-state index contributed by atoms with van der Waals surface area (Å²) in [6.07, 6.45) is 8.68. The lowest BCUT2D eigenvalue weighted by atomic mass is 10.1. The molecule has 3 heterocycles. The maximum absolute atomic E-state index is 5.07. The zero-order valence-electron chi connectivity index (χ0n) is 8.42. The highest BCUT2D eigenvalue weighted by Gasteiger charge is 2.10. The first-order chi connectivity index (χ1) is 7.95. The van der Waals surface area contributed by atoms with Crippen molar-refractivity contribution in [1.82, 2.24) is 15.2 Å². The number of hydrogen-bond donors (Lipinski definition) is 1. The van der Waals surface area contributed by atoms with Crippen molar-refractivity contribution in [3.8, 4) is 22.4 Å². The molecule has 0 saturated carbocycles. The average molecular weight is 211 g/mol. The van der Waals surface area contributed by atoms with Gasteiger partial charge in [-0.2, -0.15) is 5.10 Å². The summed E-state index contributed by atoms with van der Waals surface area (Å²) in [4.78, 5) is 4.09. The Balaban J connectivity index is 2.14. The second kappa shape index (κ2) is 3.66. The molecule has 0 bridgehead atoms. The van der Waals surface area contributed by atoms with Crippen molar-refractivity contribution in [3.05, 3.63) is 49.3 Å².